The van der Waals surface area contributed by atoms with E-state index in [2.05, 4.69) is 4.74 Å². The Balaban J connectivity index is 2.19. The minimum absolute atomic E-state index is 0.0611. The van der Waals surface area contributed by atoms with Gasteiger partial charge >= 0.3 is 6.16 Å². The lowest BCUT2D eigenvalue weighted by atomic mass is 10.3. The first kappa shape index (κ1) is 8.11. The molecule has 0 aromatic rings. The van der Waals surface area contributed by atoms with E-state index in [-0.39, 0.29) is 6.10 Å². The summed E-state index contributed by atoms with van der Waals surface area (Å²) in [6, 6.07) is 0. The molecule has 0 saturated carbocycles. The van der Waals surface area contributed by atoms with Crippen LogP contribution in [-0.2, 0) is 9.47 Å². The summed E-state index contributed by atoms with van der Waals surface area (Å²) in [4.78, 5) is 10.7. The summed E-state index contributed by atoms with van der Waals surface area (Å²) in [5, 5.41) is 0. The summed E-state index contributed by atoms with van der Waals surface area (Å²) in [6.07, 6.45) is 5.14. The van der Waals surface area contributed by atoms with Gasteiger partial charge in [0.15, 0.2) is 0 Å². The van der Waals surface area contributed by atoms with E-state index >= 15 is 0 Å². The molecular weight excluding hydrogens is 144 g/mol. The maximum atomic E-state index is 10.7. The molecule has 0 bridgehead atoms. The first-order chi connectivity index (χ1) is 5.33. The van der Waals surface area contributed by atoms with Crippen LogP contribution in [0, 0.1) is 0 Å². The van der Waals surface area contributed by atoms with Gasteiger partial charge in [0, 0.05) is 0 Å². The molecule has 11 heavy (non-hydrogen) atoms. The van der Waals surface area contributed by atoms with E-state index in [9.17, 15) is 4.79 Å². The third kappa shape index (κ3) is 2.62. The highest BCUT2D eigenvalue weighted by molar-refractivity contribution is 5.60. The van der Waals surface area contributed by atoms with Crippen molar-refractivity contribution in [3.8, 4) is 0 Å². The van der Waals surface area contributed by atoms with Crippen molar-refractivity contribution in [3.63, 3.8) is 0 Å². The average Bonchev–Trinajstić information content (AvgIpc) is 2.40. The van der Waals surface area contributed by atoms with E-state index in [1.165, 1.54) is 0 Å². The van der Waals surface area contributed by atoms with Crippen LogP contribution in [0.25, 0.3) is 0 Å². The van der Waals surface area contributed by atoms with E-state index in [4.69, 9.17) is 4.74 Å². The Morgan fingerprint density at radius 1 is 1.73 bits per heavy atom. The van der Waals surface area contributed by atoms with Crippen LogP contribution in [0.15, 0.2) is 12.2 Å². The predicted molar refractivity (Wildman–Crippen MR) is 40.3 cm³/mol. The summed E-state index contributed by atoms with van der Waals surface area (Å²) < 4.78 is 9.51. The number of rotatable bonds is 2. The molecule has 0 spiro atoms. The van der Waals surface area contributed by atoms with Crippen LogP contribution < -0.4 is 0 Å². The summed E-state index contributed by atoms with van der Waals surface area (Å²) >= 11 is 0. The molecule has 0 N–H and O–H groups in total. The number of carbonyl (C=O) groups is 1. The molecule has 1 atom stereocenters. The summed E-state index contributed by atoms with van der Waals surface area (Å²) in [5.41, 5.74) is 0. The molecule has 1 aliphatic carbocycles. The minimum Gasteiger partial charge on any atom is -0.435 e. The van der Waals surface area contributed by atoms with Crippen molar-refractivity contribution in [1.82, 2.24) is 0 Å². The molecule has 3 nitrogen and oxygen atoms in total. The van der Waals surface area contributed by atoms with Crippen LogP contribution in [0.5, 0.6) is 0 Å². The smallest absolute Gasteiger partial charge is 0.435 e. The van der Waals surface area contributed by atoms with E-state index in [0.29, 0.717) is 6.61 Å². The Kier molecular flexibility index (Phi) is 2.95. The second kappa shape index (κ2) is 4.01. The van der Waals surface area contributed by atoms with E-state index in [1.54, 1.807) is 6.92 Å². The van der Waals surface area contributed by atoms with Crippen LogP contribution in [0.4, 0.5) is 4.79 Å². The number of carbonyl (C=O) groups excluding carboxylic acids is 1. The lowest BCUT2D eigenvalue weighted by molar-refractivity contribution is 0.0406. The van der Waals surface area contributed by atoms with Gasteiger partial charge in [0.2, 0.25) is 0 Å². The van der Waals surface area contributed by atoms with Crippen LogP contribution >= 0.6 is 0 Å². The van der Waals surface area contributed by atoms with Crippen molar-refractivity contribution in [2.75, 3.05) is 6.61 Å². The fourth-order valence-corrected chi connectivity index (χ4v) is 0.978. The highest BCUT2D eigenvalue weighted by Crippen LogP contribution is 2.13. The lowest BCUT2D eigenvalue weighted by Crippen LogP contribution is -2.14. The fourth-order valence-electron chi connectivity index (χ4n) is 0.978. The standard InChI is InChI=1S/C8H12O3/c1-2-10-8(9)11-7-5-3-4-6-7/h3,5,7H,2,4,6H2,1H3/t7-/m1/s1. The Bertz CT molecular complexity index is 163. The monoisotopic (exact) mass is 156 g/mol. The largest absolute Gasteiger partial charge is 0.508 e. The average molecular weight is 156 g/mol. The van der Waals surface area contributed by atoms with Gasteiger partial charge in [-0.3, -0.25) is 0 Å². The van der Waals surface area contributed by atoms with Crippen LogP contribution in [0.2, 0.25) is 0 Å². The van der Waals surface area contributed by atoms with E-state index < -0.39 is 6.16 Å². The zero-order chi connectivity index (χ0) is 8.10. The van der Waals surface area contributed by atoms with Crippen molar-refractivity contribution < 1.29 is 14.3 Å². The van der Waals surface area contributed by atoms with Gasteiger partial charge in [-0.1, -0.05) is 6.08 Å². The second-order valence-corrected chi connectivity index (χ2v) is 2.34. The molecule has 0 amide bonds. The highest BCUT2D eigenvalue weighted by Gasteiger charge is 2.14. The molecule has 0 aromatic carbocycles. The third-order valence-corrected chi connectivity index (χ3v) is 1.48. The van der Waals surface area contributed by atoms with Crippen molar-refractivity contribution >= 4 is 6.16 Å². The van der Waals surface area contributed by atoms with Gasteiger partial charge in [0.25, 0.3) is 0 Å². The van der Waals surface area contributed by atoms with Gasteiger partial charge in [-0.05, 0) is 25.8 Å². The molecule has 0 aromatic heterocycles. The fraction of sp³-hybridized carbons (Fsp3) is 0.625. The SMILES string of the molecule is CCOC(=O)O[C@@H]1C=CCC1. The normalized spacial score (nSPS) is 21.7. The maximum absolute atomic E-state index is 10.7. The van der Waals surface area contributed by atoms with Gasteiger partial charge < -0.3 is 9.47 Å². The van der Waals surface area contributed by atoms with Crippen molar-refractivity contribution in [2.45, 2.75) is 25.9 Å². The van der Waals surface area contributed by atoms with Gasteiger partial charge in [0.1, 0.15) is 6.10 Å². The summed E-state index contributed by atoms with van der Waals surface area (Å²) in [7, 11) is 0. The molecule has 0 fully saturated rings. The summed E-state index contributed by atoms with van der Waals surface area (Å²) in [5.74, 6) is 0. The first-order valence-corrected chi connectivity index (χ1v) is 3.83. The Morgan fingerprint density at radius 2 is 2.55 bits per heavy atom. The molecular formula is C8H12O3. The van der Waals surface area contributed by atoms with E-state index in [0.717, 1.165) is 12.8 Å². The number of hydrogen-bond acceptors (Lipinski definition) is 3. The zero-order valence-corrected chi connectivity index (χ0v) is 6.58. The quantitative estimate of drug-likeness (QED) is 0.452. The van der Waals surface area contributed by atoms with Crippen LogP contribution in [0.1, 0.15) is 19.8 Å². The van der Waals surface area contributed by atoms with E-state index in [1.807, 2.05) is 12.2 Å². The van der Waals surface area contributed by atoms with Crippen molar-refractivity contribution in [2.24, 2.45) is 0 Å². The summed E-state index contributed by atoms with van der Waals surface area (Å²) in [6.45, 7) is 2.13. The predicted octanol–water partition coefficient (Wildman–Crippen LogP) is 1.88. The maximum Gasteiger partial charge on any atom is 0.508 e. The van der Waals surface area contributed by atoms with Crippen LogP contribution in [-0.4, -0.2) is 18.9 Å². The Morgan fingerprint density at radius 3 is 3.09 bits per heavy atom. The topological polar surface area (TPSA) is 35.5 Å². The van der Waals surface area contributed by atoms with Gasteiger partial charge in [-0.15, -0.1) is 0 Å². The number of hydrogen-bond donors (Lipinski definition) is 0. The molecule has 0 aliphatic heterocycles. The molecule has 62 valence electrons. The Hall–Kier alpha value is -0.990. The number of allylic oxidation sites excluding steroid dienone is 1. The molecule has 0 radical (unpaired) electrons. The Labute approximate surface area is 66.0 Å². The first-order valence-electron chi connectivity index (χ1n) is 3.83. The molecule has 0 unspecified atom stereocenters. The highest BCUT2D eigenvalue weighted by atomic mass is 16.7. The van der Waals surface area contributed by atoms with Gasteiger partial charge in [-0.25, -0.2) is 4.79 Å². The second-order valence-electron chi connectivity index (χ2n) is 2.34. The minimum atomic E-state index is -0.566. The van der Waals surface area contributed by atoms with Gasteiger partial charge in [0.05, 0.1) is 6.61 Å². The number of ether oxygens (including phenoxy) is 2. The molecule has 1 rings (SSSR count). The lowest BCUT2D eigenvalue weighted by Gasteiger charge is -2.08. The van der Waals surface area contributed by atoms with Crippen molar-refractivity contribution in [3.05, 3.63) is 12.2 Å². The third-order valence-electron chi connectivity index (χ3n) is 1.48. The van der Waals surface area contributed by atoms with Crippen molar-refractivity contribution in [1.29, 1.82) is 0 Å². The molecule has 0 heterocycles. The van der Waals surface area contributed by atoms with Crippen LogP contribution in [0.3, 0.4) is 0 Å². The zero-order valence-electron chi connectivity index (χ0n) is 6.58. The molecule has 1 aliphatic rings. The van der Waals surface area contributed by atoms with Gasteiger partial charge in [-0.2, -0.15) is 0 Å². The molecule has 3 heteroatoms. The molecule has 0 saturated heterocycles.